The topological polar surface area (TPSA) is 132 Å². The van der Waals surface area contributed by atoms with Gasteiger partial charge in [0.2, 0.25) is 0 Å². The van der Waals surface area contributed by atoms with E-state index < -0.39 is 11.9 Å². The number of aliphatic hydroxyl groups excluding tert-OH is 1. The van der Waals surface area contributed by atoms with Crippen molar-refractivity contribution in [1.29, 1.82) is 0 Å². The SMILES string of the molecule is C=C1N=C(C(=O)O)C=C(C(=O)NC(CC/C=C/CC=O)/C(C)=C/C)N1/N=C\CO. The highest BCUT2D eigenvalue weighted by atomic mass is 16.4. The zero-order valence-electron chi connectivity index (χ0n) is 16.5. The van der Waals surface area contributed by atoms with Crippen LogP contribution in [-0.2, 0) is 14.4 Å². The molecule has 29 heavy (non-hydrogen) atoms. The molecule has 1 aliphatic heterocycles. The molecular weight excluding hydrogens is 376 g/mol. The fraction of sp³-hybridized carbons (Fsp3) is 0.350. The van der Waals surface area contributed by atoms with Crippen LogP contribution in [0.25, 0.3) is 0 Å². The van der Waals surface area contributed by atoms with E-state index in [1.165, 1.54) is 0 Å². The Balaban J connectivity index is 3.08. The molecule has 3 N–H and O–H groups in total. The summed E-state index contributed by atoms with van der Waals surface area (Å²) in [4.78, 5) is 38.4. The van der Waals surface area contributed by atoms with E-state index in [2.05, 4.69) is 22.0 Å². The highest BCUT2D eigenvalue weighted by Crippen LogP contribution is 2.20. The quantitative estimate of drug-likeness (QED) is 0.273. The van der Waals surface area contributed by atoms with Crippen molar-refractivity contribution >= 4 is 30.1 Å². The van der Waals surface area contributed by atoms with Crippen molar-refractivity contribution in [1.82, 2.24) is 10.3 Å². The molecular formula is C20H26N4O5. The molecule has 1 atom stereocenters. The van der Waals surface area contributed by atoms with E-state index in [-0.39, 0.29) is 29.9 Å². The van der Waals surface area contributed by atoms with E-state index in [1.807, 2.05) is 26.0 Å². The van der Waals surface area contributed by atoms with Crippen LogP contribution in [-0.4, -0.2) is 58.0 Å². The van der Waals surface area contributed by atoms with Gasteiger partial charge in [0.25, 0.3) is 5.91 Å². The zero-order valence-corrected chi connectivity index (χ0v) is 16.5. The molecule has 1 aliphatic rings. The molecule has 0 fully saturated rings. The third-order valence-electron chi connectivity index (χ3n) is 4.06. The van der Waals surface area contributed by atoms with Crippen LogP contribution in [0.3, 0.4) is 0 Å². The number of allylic oxidation sites excluding steroid dienone is 3. The summed E-state index contributed by atoms with van der Waals surface area (Å²) < 4.78 is 0. The van der Waals surface area contributed by atoms with Gasteiger partial charge in [0.15, 0.2) is 5.71 Å². The number of aldehydes is 1. The molecule has 0 aliphatic carbocycles. The van der Waals surface area contributed by atoms with Crippen LogP contribution in [0.5, 0.6) is 0 Å². The molecule has 0 saturated carbocycles. The van der Waals surface area contributed by atoms with Crippen LogP contribution < -0.4 is 5.32 Å². The molecule has 1 amide bonds. The Morgan fingerprint density at radius 2 is 2.14 bits per heavy atom. The highest BCUT2D eigenvalue weighted by molar-refractivity contribution is 6.41. The molecule has 9 nitrogen and oxygen atoms in total. The molecule has 156 valence electrons. The number of aliphatic hydroxyl groups is 1. The van der Waals surface area contributed by atoms with Crippen LogP contribution in [0.2, 0.25) is 0 Å². The average molecular weight is 402 g/mol. The summed E-state index contributed by atoms with van der Waals surface area (Å²) in [6, 6.07) is -0.307. The second-order valence-electron chi connectivity index (χ2n) is 6.05. The number of carboxylic acids is 1. The minimum Gasteiger partial charge on any atom is -0.477 e. The van der Waals surface area contributed by atoms with Crippen LogP contribution in [0.15, 0.2) is 58.1 Å². The Labute approximate surface area is 169 Å². The van der Waals surface area contributed by atoms with E-state index in [1.54, 1.807) is 6.08 Å². The minimum absolute atomic E-state index is 0.0594. The molecule has 0 saturated heterocycles. The Bertz CT molecular complexity index is 793. The standard InChI is InChI=1S/C20H26N4O5/c1-4-14(2)16(9-7-5-6-8-11-25)23-19(27)18-13-17(20(28)29)22-15(3)24(18)21-10-12-26/h4-6,10-11,13,16,26H,3,7-9,12H2,1-2H3,(H,23,27)(H,28,29)/b6-5+,14-4+,21-10-. The Morgan fingerprint density at radius 1 is 1.41 bits per heavy atom. The molecule has 0 aromatic carbocycles. The van der Waals surface area contributed by atoms with Crippen molar-refractivity contribution in [3.63, 3.8) is 0 Å². The fourth-order valence-electron chi connectivity index (χ4n) is 2.45. The Kier molecular flexibility index (Phi) is 9.97. The van der Waals surface area contributed by atoms with Gasteiger partial charge in [-0.1, -0.05) is 30.4 Å². The third-order valence-corrected chi connectivity index (χ3v) is 4.06. The average Bonchev–Trinajstić information content (AvgIpc) is 2.70. The monoisotopic (exact) mass is 402 g/mol. The Hall–Kier alpha value is -3.33. The lowest BCUT2D eigenvalue weighted by molar-refractivity contribution is -0.129. The largest absolute Gasteiger partial charge is 0.477 e. The number of hydrazone groups is 1. The number of carbonyl (C=O) groups is 3. The zero-order chi connectivity index (χ0) is 21.8. The van der Waals surface area contributed by atoms with E-state index >= 15 is 0 Å². The maximum atomic E-state index is 12.9. The highest BCUT2D eigenvalue weighted by Gasteiger charge is 2.28. The molecule has 0 aromatic heterocycles. The molecule has 1 rings (SSSR count). The van der Waals surface area contributed by atoms with Crippen molar-refractivity contribution in [2.75, 3.05) is 6.61 Å². The van der Waals surface area contributed by atoms with Gasteiger partial charge in [-0.05, 0) is 26.7 Å². The molecule has 1 unspecified atom stereocenters. The molecule has 0 bridgehead atoms. The van der Waals surface area contributed by atoms with Crippen LogP contribution in [0.4, 0.5) is 0 Å². The summed E-state index contributed by atoms with van der Waals surface area (Å²) in [5.74, 6) is -1.92. The second-order valence-corrected chi connectivity index (χ2v) is 6.05. The van der Waals surface area contributed by atoms with Crippen molar-refractivity contribution in [2.24, 2.45) is 10.1 Å². The number of carbonyl (C=O) groups excluding carboxylic acids is 2. The lowest BCUT2D eigenvalue weighted by atomic mass is 10.0. The molecule has 0 radical (unpaired) electrons. The van der Waals surface area contributed by atoms with E-state index in [4.69, 9.17) is 5.11 Å². The molecule has 9 heteroatoms. The maximum absolute atomic E-state index is 12.9. The Morgan fingerprint density at radius 3 is 2.72 bits per heavy atom. The van der Waals surface area contributed by atoms with Gasteiger partial charge in [-0.25, -0.2) is 14.8 Å². The van der Waals surface area contributed by atoms with E-state index in [0.29, 0.717) is 19.3 Å². The van der Waals surface area contributed by atoms with Gasteiger partial charge in [-0.3, -0.25) is 4.79 Å². The lowest BCUT2D eigenvalue weighted by Gasteiger charge is -2.26. The first-order valence-electron chi connectivity index (χ1n) is 9.04. The summed E-state index contributed by atoms with van der Waals surface area (Å²) in [7, 11) is 0. The summed E-state index contributed by atoms with van der Waals surface area (Å²) >= 11 is 0. The predicted molar refractivity (Wildman–Crippen MR) is 110 cm³/mol. The van der Waals surface area contributed by atoms with Gasteiger partial charge in [-0.15, -0.1) is 0 Å². The van der Waals surface area contributed by atoms with Gasteiger partial charge in [0.1, 0.15) is 17.8 Å². The van der Waals surface area contributed by atoms with Crippen LogP contribution in [0, 0.1) is 0 Å². The van der Waals surface area contributed by atoms with Crippen LogP contribution >= 0.6 is 0 Å². The number of nitrogens with one attached hydrogen (secondary N) is 1. The number of rotatable bonds is 11. The number of hydrogen-bond donors (Lipinski definition) is 3. The molecule has 0 aromatic rings. The normalized spacial score (nSPS) is 16.0. The summed E-state index contributed by atoms with van der Waals surface area (Å²) in [6.45, 7) is 6.99. The number of hydrogen-bond acceptors (Lipinski definition) is 7. The predicted octanol–water partition coefficient (Wildman–Crippen LogP) is 1.54. The summed E-state index contributed by atoms with van der Waals surface area (Å²) in [5, 5.41) is 26.1. The van der Waals surface area contributed by atoms with E-state index in [9.17, 15) is 19.5 Å². The van der Waals surface area contributed by atoms with E-state index in [0.717, 1.165) is 29.2 Å². The number of aliphatic imine (C=N–C) groups is 1. The van der Waals surface area contributed by atoms with Gasteiger partial charge in [0, 0.05) is 12.5 Å². The number of nitrogens with zero attached hydrogens (tertiary/aromatic N) is 3. The number of amides is 1. The first-order valence-corrected chi connectivity index (χ1v) is 9.04. The number of aliphatic carboxylic acids is 1. The fourth-order valence-corrected chi connectivity index (χ4v) is 2.45. The lowest BCUT2D eigenvalue weighted by Crippen LogP contribution is -2.41. The molecule has 1 heterocycles. The molecule has 0 spiro atoms. The first kappa shape index (κ1) is 23.7. The van der Waals surface area contributed by atoms with Crippen LogP contribution in [0.1, 0.15) is 33.1 Å². The first-order chi connectivity index (χ1) is 13.8. The third kappa shape index (κ3) is 7.30. The minimum atomic E-state index is -1.30. The summed E-state index contributed by atoms with van der Waals surface area (Å²) in [6.07, 6.45) is 10.1. The smallest absolute Gasteiger partial charge is 0.354 e. The van der Waals surface area contributed by atoms with Crippen molar-refractivity contribution in [2.45, 2.75) is 39.2 Å². The maximum Gasteiger partial charge on any atom is 0.354 e. The second kappa shape index (κ2) is 12.2. The van der Waals surface area contributed by atoms with Crippen molar-refractivity contribution in [3.8, 4) is 0 Å². The summed E-state index contributed by atoms with van der Waals surface area (Å²) in [5.41, 5.74) is 0.513. The van der Waals surface area contributed by atoms with Gasteiger partial charge in [0.05, 0.1) is 18.9 Å². The van der Waals surface area contributed by atoms with Crippen molar-refractivity contribution in [3.05, 3.63) is 48.0 Å². The van der Waals surface area contributed by atoms with Gasteiger partial charge < -0.3 is 20.3 Å². The van der Waals surface area contributed by atoms with Gasteiger partial charge in [-0.2, -0.15) is 5.10 Å². The van der Waals surface area contributed by atoms with Gasteiger partial charge >= 0.3 is 5.97 Å². The van der Waals surface area contributed by atoms with Crippen molar-refractivity contribution < 1.29 is 24.6 Å². The number of carboxylic acid groups (broad SMARTS) is 1.